The molecule has 0 radical (unpaired) electrons. The first kappa shape index (κ1) is 16.5. The molecule has 0 aliphatic carbocycles. The number of halogens is 2. The fourth-order valence-electron chi connectivity index (χ4n) is 1.55. The Kier molecular flexibility index (Phi) is 4.82. The van der Waals surface area contributed by atoms with Crippen LogP contribution in [-0.2, 0) is 21.9 Å². The molecule has 0 bridgehead atoms. The minimum atomic E-state index is -4.74. The second kappa shape index (κ2) is 5.84. The van der Waals surface area contributed by atoms with Crippen molar-refractivity contribution >= 4 is 13.6 Å². The summed E-state index contributed by atoms with van der Waals surface area (Å²) in [5, 5.41) is 18.0. The molecule has 0 unspecified atom stereocenters. The van der Waals surface area contributed by atoms with E-state index in [0.29, 0.717) is 6.07 Å². The van der Waals surface area contributed by atoms with Gasteiger partial charge in [-0.3, -0.25) is 9.36 Å². The van der Waals surface area contributed by atoms with E-state index in [2.05, 4.69) is 0 Å². The van der Waals surface area contributed by atoms with Gasteiger partial charge in [0.25, 0.3) is 0 Å². The molecule has 6 N–H and O–H groups in total. The lowest BCUT2D eigenvalue weighted by Gasteiger charge is -2.14. The van der Waals surface area contributed by atoms with Gasteiger partial charge in [0.15, 0.2) is 0 Å². The zero-order valence-electron chi connectivity index (χ0n) is 9.95. The van der Waals surface area contributed by atoms with Gasteiger partial charge in [0, 0.05) is 23.6 Å². The van der Waals surface area contributed by atoms with Gasteiger partial charge in [0.05, 0.1) is 6.16 Å². The van der Waals surface area contributed by atoms with Crippen LogP contribution in [0.3, 0.4) is 0 Å². The summed E-state index contributed by atoms with van der Waals surface area (Å²) in [6.07, 6.45) is -1.86. The van der Waals surface area contributed by atoms with Crippen LogP contribution in [0.25, 0.3) is 0 Å². The molecule has 10 heteroatoms. The van der Waals surface area contributed by atoms with Crippen LogP contribution in [-0.4, -0.2) is 32.0 Å². The molecule has 0 spiro atoms. The topological polar surface area (TPSA) is 141 Å². The Bertz CT molecular complexity index is 588. The maximum Gasteiger partial charge on any atom is 0.330 e. The fraction of sp³-hybridized carbons (Fsp3) is 0.300. The molecule has 112 valence electrons. The monoisotopic (exact) mass is 311 g/mol. The molecule has 0 fully saturated rings. The van der Waals surface area contributed by atoms with Gasteiger partial charge in [-0.05, 0) is 0 Å². The maximum absolute atomic E-state index is 14.0. The third-order valence-corrected chi connectivity index (χ3v) is 3.22. The highest BCUT2D eigenvalue weighted by Gasteiger charge is 2.26. The highest BCUT2D eigenvalue weighted by Crippen LogP contribution is 2.42. The SMILES string of the molecule is N[C@@H](Cc1c(O)cc(F)c(CP(=O)(O)O)c1F)C(=O)O. The smallest absolute Gasteiger partial charge is 0.330 e. The number of carbonyl (C=O) groups is 1. The molecule has 7 nitrogen and oxygen atoms in total. The van der Waals surface area contributed by atoms with E-state index >= 15 is 0 Å². The Hall–Kier alpha value is -1.54. The minimum Gasteiger partial charge on any atom is -0.507 e. The van der Waals surface area contributed by atoms with Gasteiger partial charge in [-0.1, -0.05) is 0 Å². The van der Waals surface area contributed by atoms with Crippen LogP contribution in [0.15, 0.2) is 6.07 Å². The van der Waals surface area contributed by atoms with Crippen molar-refractivity contribution in [3.63, 3.8) is 0 Å². The molecule has 1 rings (SSSR count). The first-order chi connectivity index (χ1) is 9.03. The fourth-order valence-corrected chi connectivity index (χ4v) is 2.25. The van der Waals surface area contributed by atoms with Crippen molar-refractivity contribution in [1.82, 2.24) is 0 Å². The quantitative estimate of drug-likeness (QED) is 0.492. The van der Waals surface area contributed by atoms with E-state index in [9.17, 15) is 23.2 Å². The number of hydrogen-bond donors (Lipinski definition) is 5. The summed E-state index contributed by atoms with van der Waals surface area (Å²) in [6, 6.07) is -1.10. The Morgan fingerprint density at radius 1 is 1.35 bits per heavy atom. The third kappa shape index (κ3) is 3.97. The minimum absolute atomic E-state index is 0.456. The summed E-state index contributed by atoms with van der Waals surface area (Å²) in [7, 11) is -4.74. The number of nitrogens with two attached hydrogens (primary N) is 1. The van der Waals surface area contributed by atoms with Gasteiger partial charge in [0.2, 0.25) is 0 Å². The summed E-state index contributed by atoms with van der Waals surface area (Å²) < 4.78 is 38.2. The zero-order valence-corrected chi connectivity index (χ0v) is 10.8. The van der Waals surface area contributed by atoms with Crippen LogP contribution < -0.4 is 5.73 Å². The molecule has 1 aromatic rings. The number of carboxylic acids is 1. The van der Waals surface area contributed by atoms with Gasteiger partial charge in [0.1, 0.15) is 23.4 Å². The summed E-state index contributed by atoms with van der Waals surface area (Å²) in [5.41, 5.74) is 3.64. The maximum atomic E-state index is 14.0. The Morgan fingerprint density at radius 3 is 2.35 bits per heavy atom. The average Bonchev–Trinajstić information content (AvgIpc) is 2.28. The Balaban J connectivity index is 3.29. The zero-order chi connectivity index (χ0) is 15.7. The first-order valence-corrected chi connectivity index (χ1v) is 7.04. The first-order valence-electron chi connectivity index (χ1n) is 5.24. The molecule has 0 saturated heterocycles. The van der Waals surface area contributed by atoms with Crippen molar-refractivity contribution in [3.8, 4) is 5.75 Å². The summed E-state index contributed by atoms with van der Waals surface area (Å²) in [4.78, 5) is 28.1. The summed E-state index contributed by atoms with van der Waals surface area (Å²) in [5.74, 6) is -5.09. The number of aliphatic carboxylic acids is 1. The molecular weight excluding hydrogens is 299 g/mol. The molecule has 0 heterocycles. The second-order valence-electron chi connectivity index (χ2n) is 4.12. The number of phenolic OH excluding ortho intramolecular Hbond substituents is 1. The lowest BCUT2D eigenvalue weighted by atomic mass is 10.0. The lowest BCUT2D eigenvalue weighted by Crippen LogP contribution is -2.32. The van der Waals surface area contributed by atoms with Crippen LogP contribution in [0, 0.1) is 11.6 Å². The van der Waals surface area contributed by atoms with Crippen molar-refractivity contribution < 1.29 is 38.1 Å². The number of hydrogen-bond acceptors (Lipinski definition) is 4. The second-order valence-corrected chi connectivity index (χ2v) is 5.77. The molecule has 1 atom stereocenters. The van der Waals surface area contributed by atoms with Crippen LogP contribution in [0.2, 0.25) is 0 Å². The van der Waals surface area contributed by atoms with E-state index < -0.39 is 60.7 Å². The number of benzene rings is 1. The normalized spacial score (nSPS) is 13.2. The van der Waals surface area contributed by atoms with Crippen LogP contribution in [0.5, 0.6) is 5.75 Å². The van der Waals surface area contributed by atoms with Gasteiger partial charge in [-0.15, -0.1) is 0 Å². The van der Waals surface area contributed by atoms with Crippen molar-refractivity contribution in [3.05, 3.63) is 28.8 Å². The van der Waals surface area contributed by atoms with Gasteiger partial charge < -0.3 is 25.7 Å². The van der Waals surface area contributed by atoms with E-state index in [1.807, 2.05) is 0 Å². The molecule has 0 amide bonds. The number of rotatable bonds is 5. The predicted molar refractivity (Wildman–Crippen MR) is 63.1 cm³/mol. The Labute approximate surface area is 111 Å². The van der Waals surface area contributed by atoms with E-state index in [1.54, 1.807) is 0 Å². The highest BCUT2D eigenvalue weighted by atomic mass is 31.2. The van der Waals surface area contributed by atoms with Crippen molar-refractivity contribution in [2.75, 3.05) is 0 Å². The summed E-state index contributed by atoms with van der Waals surface area (Å²) in [6.45, 7) is 0. The lowest BCUT2D eigenvalue weighted by molar-refractivity contribution is -0.138. The molecule has 0 aliphatic heterocycles. The Morgan fingerprint density at radius 2 is 1.90 bits per heavy atom. The van der Waals surface area contributed by atoms with Crippen molar-refractivity contribution in [2.45, 2.75) is 18.6 Å². The average molecular weight is 311 g/mol. The van der Waals surface area contributed by atoms with E-state index in [1.165, 1.54) is 0 Å². The van der Waals surface area contributed by atoms with Crippen LogP contribution >= 0.6 is 7.60 Å². The largest absolute Gasteiger partial charge is 0.507 e. The highest BCUT2D eigenvalue weighted by molar-refractivity contribution is 7.50. The molecule has 0 aliphatic rings. The van der Waals surface area contributed by atoms with Gasteiger partial charge in [-0.2, -0.15) is 0 Å². The van der Waals surface area contributed by atoms with E-state index in [-0.39, 0.29) is 0 Å². The van der Waals surface area contributed by atoms with Crippen LogP contribution in [0.1, 0.15) is 11.1 Å². The van der Waals surface area contributed by atoms with Gasteiger partial charge in [-0.25, -0.2) is 8.78 Å². The van der Waals surface area contributed by atoms with Crippen molar-refractivity contribution in [2.24, 2.45) is 5.73 Å². The number of aromatic hydroxyl groups is 1. The molecule has 0 saturated carbocycles. The van der Waals surface area contributed by atoms with Crippen molar-refractivity contribution in [1.29, 1.82) is 0 Å². The van der Waals surface area contributed by atoms with Gasteiger partial charge >= 0.3 is 13.6 Å². The third-order valence-electron chi connectivity index (χ3n) is 2.50. The predicted octanol–water partition coefficient (Wildman–Crippen LogP) is 0.303. The molecular formula is C10H12F2NO6P. The van der Waals surface area contributed by atoms with E-state index in [0.717, 1.165) is 0 Å². The molecule has 1 aromatic carbocycles. The molecule has 20 heavy (non-hydrogen) atoms. The van der Waals surface area contributed by atoms with Crippen LogP contribution in [0.4, 0.5) is 8.78 Å². The van der Waals surface area contributed by atoms with E-state index in [4.69, 9.17) is 20.6 Å². The standard InChI is InChI=1S/C10H12F2NO6P/c11-6-2-8(14)4(1-7(13)10(15)16)9(12)5(6)3-20(17,18)19/h2,7,14H,1,3,13H2,(H,15,16)(H2,17,18,19)/t7-/m0/s1. The number of carboxylic acid groups (broad SMARTS) is 1. The number of phenols is 1. The summed E-state index contributed by atoms with van der Waals surface area (Å²) >= 11 is 0. The molecule has 0 aromatic heterocycles.